The summed E-state index contributed by atoms with van der Waals surface area (Å²) in [6, 6.07) is 5.28. The van der Waals surface area contributed by atoms with Gasteiger partial charge in [-0.05, 0) is 38.5 Å². The molecule has 7 heteroatoms. The van der Waals surface area contributed by atoms with E-state index in [4.69, 9.17) is 14.2 Å². The van der Waals surface area contributed by atoms with E-state index in [-0.39, 0.29) is 31.0 Å². The number of amides is 1. The summed E-state index contributed by atoms with van der Waals surface area (Å²) < 4.78 is 16.4. The molecule has 2 rings (SSSR count). The number of carbonyl (C=O) groups is 2. The molecule has 1 fully saturated rings. The van der Waals surface area contributed by atoms with Crippen LogP contribution < -0.4 is 14.8 Å². The standard InChI is InChI=1S/C19H28N2O5/c1-4-24-17-11-15(12-19(23)26-14(2)3)5-6-16(17)25-13-18(22)21-9-7-20-8-10-21/h5-6,11,14,20H,4,7-10,12-13H2,1-3H3. The molecule has 1 aliphatic rings. The van der Waals surface area contributed by atoms with Crippen LogP contribution in [0, 0.1) is 0 Å². The van der Waals surface area contributed by atoms with Crippen LogP contribution >= 0.6 is 0 Å². The molecule has 7 nitrogen and oxygen atoms in total. The van der Waals surface area contributed by atoms with Crippen LogP contribution in [0.2, 0.25) is 0 Å². The number of benzene rings is 1. The molecule has 0 bridgehead atoms. The van der Waals surface area contributed by atoms with Crippen LogP contribution in [-0.4, -0.2) is 62.3 Å². The second kappa shape index (κ2) is 10.0. The van der Waals surface area contributed by atoms with Gasteiger partial charge in [0.15, 0.2) is 18.1 Å². The number of rotatable bonds is 8. The molecule has 0 atom stereocenters. The summed E-state index contributed by atoms with van der Waals surface area (Å²) in [5.41, 5.74) is 0.778. The lowest BCUT2D eigenvalue weighted by Crippen LogP contribution is -2.47. The van der Waals surface area contributed by atoms with Gasteiger partial charge in [-0.1, -0.05) is 6.07 Å². The molecule has 1 N–H and O–H groups in total. The molecule has 0 aromatic heterocycles. The first-order chi connectivity index (χ1) is 12.5. The Hall–Kier alpha value is -2.28. The smallest absolute Gasteiger partial charge is 0.310 e. The monoisotopic (exact) mass is 364 g/mol. The second-order valence-electron chi connectivity index (χ2n) is 6.35. The number of nitrogens with one attached hydrogen (secondary N) is 1. The van der Waals surface area contributed by atoms with Gasteiger partial charge in [0.05, 0.1) is 19.1 Å². The van der Waals surface area contributed by atoms with Crippen LogP contribution in [-0.2, 0) is 20.7 Å². The zero-order valence-corrected chi connectivity index (χ0v) is 15.7. The Labute approximate surface area is 154 Å². The van der Waals surface area contributed by atoms with Crippen molar-refractivity contribution >= 4 is 11.9 Å². The SMILES string of the molecule is CCOc1cc(CC(=O)OC(C)C)ccc1OCC(=O)N1CCNCC1. The molecular weight excluding hydrogens is 336 g/mol. The number of piperazine rings is 1. The first kappa shape index (κ1) is 20.0. The summed E-state index contributed by atoms with van der Waals surface area (Å²) in [4.78, 5) is 25.8. The highest BCUT2D eigenvalue weighted by Gasteiger charge is 2.18. The maximum atomic E-state index is 12.2. The van der Waals surface area contributed by atoms with Gasteiger partial charge in [-0.25, -0.2) is 0 Å². The van der Waals surface area contributed by atoms with Gasteiger partial charge in [-0.15, -0.1) is 0 Å². The molecule has 144 valence electrons. The summed E-state index contributed by atoms with van der Waals surface area (Å²) in [6.07, 6.45) is 0.0191. The fourth-order valence-electron chi connectivity index (χ4n) is 2.67. The highest BCUT2D eigenvalue weighted by atomic mass is 16.5. The maximum absolute atomic E-state index is 12.2. The van der Waals surface area contributed by atoms with Gasteiger partial charge >= 0.3 is 5.97 Å². The molecule has 0 radical (unpaired) electrons. The van der Waals surface area contributed by atoms with Crippen molar-refractivity contribution in [3.05, 3.63) is 23.8 Å². The lowest BCUT2D eigenvalue weighted by molar-refractivity contribution is -0.146. The Bertz CT molecular complexity index is 612. The summed E-state index contributed by atoms with van der Waals surface area (Å²) >= 11 is 0. The highest BCUT2D eigenvalue weighted by molar-refractivity contribution is 5.78. The molecule has 1 amide bonds. The molecule has 1 saturated heterocycles. The van der Waals surface area contributed by atoms with Crippen molar-refractivity contribution < 1.29 is 23.8 Å². The van der Waals surface area contributed by atoms with E-state index < -0.39 is 0 Å². The largest absolute Gasteiger partial charge is 0.490 e. The fourth-order valence-corrected chi connectivity index (χ4v) is 2.67. The first-order valence-corrected chi connectivity index (χ1v) is 9.06. The Kier molecular flexibility index (Phi) is 7.72. The topological polar surface area (TPSA) is 77.1 Å². The Balaban J connectivity index is 1.98. The third-order valence-corrected chi connectivity index (χ3v) is 3.84. The normalized spacial score (nSPS) is 14.2. The van der Waals surface area contributed by atoms with E-state index in [1.54, 1.807) is 23.1 Å². The quantitative estimate of drug-likeness (QED) is 0.703. The predicted octanol–water partition coefficient (Wildman–Crippen LogP) is 1.39. The van der Waals surface area contributed by atoms with Crippen LogP contribution in [0.5, 0.6) is 11.5 Å². The lowest BCUT2D eigenvalue weighted by Gasteiger charge is -2.27. The molecule has 0 saturated carbocycles. The summed E-state index contributed by atoms with van der Waals surface area (Å²) in [5.74, 6) is 0.690. The average molecular weight is 364 g/mol. The molecule has 0 unspecified atom stereocenters. The molecule has 26 heavy (non-hydrogen) atoms. The first-order valence-electron chi connectivity index (χ1n) is 9.06. The Morgan fingerprint density at radius 1 is 1.15 bits per heavy atom. The van der Waals surface area contributed by atoms with Crippen molar-refractivity contribution in [2.45, 2.75) is 33.3 Å². The van der Waals surface area contributed by atoms with E-state index in [2.05, 4.69) is 5.32 Å². The number of ether oxygens (including phenoxy) is 3. The van der Waals surface area contributed by atoms with E-state index in [9.17, 15) is 9.59 Å². The van der Waals surface area contributed by atoms with Crippen molar-refractivity contribution in [1.82, 2.24) is 10.2 Å². The van der Waals surface area contributed by atoms with Crippen LogP contribution in [0.3, 0.4) is 0 Å². The third-order valence-electron chi connectivity index (χ3n) is 3.84. The van der Waals surface area contributed by atoms with Gasteiger partial charge in [0.25, 0.3) is 5.91 Å². The minimum atomic E-state index is -0.287. The molecule has 0 spiro atoms. The van der Waals surface area contributed by atoms with Crippen molar-refractivity contribution in [1.29, 1.82) is 0 Å². The lowest BCUT2D eigenvalue weighted by atomic mass is 10.1. The van der Waals surface area contributed by atoms with Gasteiger partial charge in [-0.2, -0.15) is 0 Å². The van der Waals surface area contributed by atoms with Crippen molar-refractivity contribution in [2.75, 3.05) is 39.4 Å². The molecule has 1 aliphatic heterocycles. The number of esters is 1. The second-order valence-corrected chi connectivity index (χ2v) is 6.35. The molecule has 1 heterocycles. The number of carbonyl (C=O) groups excluding carboxylic acids is 2. The summed E-state index contributed by atoms with van der Waals surface area (Å²) in [7, 11) is 0. The zero-order chi connectivity index (χ0) is 18.9. The molecular formula is C19H28N2O5. The zero-order valence-electron chi connectivity index (χ0n) is 15.7. The van der Waals surface area contributed by atoms with Crippen LogP contribution in [0.4, 0.5) is 0 Å². The van der Waals surface area contributed by atoms with E-state index in [1.807, 2.05) is 20.8 Å². The summed E-state index contributed by atoms with van der Waals surface area (Å²) in [5, 5.41) is 3.21. The number of hydrogen-bond acceptors (Lipinski definition) is 6. The van der Waals surface area contributed by atoms with Crippen molar-refractivity contribution in [3.63, 3.8) is 0 Å². The third kappa shape index (κ3) is 6.22. The average Bonchev–Trinajstić information content (AvgIpc) is 2.61. The summed E-state index contributed by atoms with van der Waals surface area (Å²) in [6.45, 7) is 8.92. The van der Waals surface area contributed by atoms with E-state index in [0.717, 1.165) is 18.7 Å². The van der Waals surface area contributed by atoms with E-state index in [1.165, 1.54) is 0 Å². The van der Waals surface area contributed by atoms with Gasteiger partial charge in [0.2, 0.25) is 0 Å². The predicted molar refractivity (Wildman–Crippen MR) is 97.5 cm³/mol. The van der Waals surface area contributed by atoms with E-state index in [0.29, 0.717) is 31.2 Å². The van der Waals surface area contributed by atoms with E-state index >= 15 is 0 Å². The van der Waals surface area contributed by atoms with Gasteiger partial charge in [-0.3, -0.25) is 9.59 Å². The van der Waals surface area contributed by atoms with Gasteiger partial charge in [0.1, 0.15) is 0 Å². The van der Waals surface area contributed by atoms with Crippen molar-refractivity contribution in [3.8, 4) is 11.5 Å². The maximum Gasteiger partial charge on any atom is 0.310 e. The van der Waals surface area contributed by atoms with Crippen molar-refractivity contribution in [2.24, 2.45) is 0 Å². The van der Waals surface area contributed by atoms with Gasteiger partial charge in [0, 0.05) is 26.2 Å². The number of nitrogens with zero attached hydrogens (tertiary/aromatic N) is 1. The molecule has 0 aliphatic carbocycles. The molecule has 1 aromatic carbocycles. The van der Waals surface area contributed by atoms with Crippen LogP contribution in [0.15, 0.2) is 18.2 Å². The Morgan fingerprint density at radius 2 is 1.88 bits per heavy atom. The van der Waals surface area contributed by atoms with Crippen LogP contribution in [0.25, 0.3) is 0 Å². The highest BCUT2D eigenvalue weighted by Crippen LogP contribution is 2.29. The number of hydrogen-bond donors (Lipinski definition) is 1. The fraction of sp³-hybridized carbons (Fsp3) is 0.579. The molecule has 1 aromatic rings. The minimum Gasteiger partial charge on any atom is -0.490 e. The minimum absolute atomic E-state index is 0.0329. The van der Waals surface area contributed by atoms with Crippen LogP contribution in [0.1, 0.15) is 26.3 Å². The Morgan fingerprint density at radius 3 is 2.54 bits per heavy atom. The van der Waals surface area contributed by atoms with Gasteiger partial charge < -0.3 is 24.4 Å².